The molecule has 0 spiro atoms. The molecule has 0 saturated carbocycles. The van der Waals surface area contributed by atoms with Crippen molar-refractivity contribution in [2.45, 2.75) is 77.7 Å². The Labute approximate surface area is 203 Å². The van der Waals surface area contributed by atoms with Crippen molar-refractivity contribution in [2.75, 3.05) is 27.2 Å². The molecule has 8 heteroatoms. The van der Waals surface area contributed by atoms with Gasteiger partial charge in [0, 0.05) is 24.7 Å². The molecule has 2 heterocycles. The third-order valence-electron chi connectivity index (χ3n) is 9.35. The summed E-state index contributed by atoms with van der Waals surface area (Å²) in [6.07, 6.45) is 0.0880. The van der Waals surface area contributed by atoms with Gasteiger partial charge in [-0.15, -0.1) is 0 Å². The third-order valence-corrected chi connectivity index (χ3v) is 9.35. The van der Waals surface area contributed by atoms with E-state index in [1.165, 1.54) is 0 Å². The fourth-order valence-electron chi connectivity index (χ4n) is 5.16. The van der Waals surface area contributed by atoms with Crippen molar-refractivity contribution in [3.05, 3.63) is 45.8 Å². The lowest BCUT2D eigenvalue weighted by Crippen LogP contribution is -2.65. The first-order valence-corrected chi connectivity index (χ1v) is 12.2. The molecule has 0 aliphatic carbocycles. The van der Waals surface area contributed by atoms with E-state index in [2.05, 4.69) is 0 Å². The highest BCUT2D eigenvalue weighted by atomic mass is 16.6. The van der Waals surface area contributed by atoms with Gasteiger partial charge in [0.2, 0.25) is 0 Å². The Balaban J connectivity index is 1.76. The summed E-state index contributed by atoms with van der Waals surface area (Å²) in [7, 11) is 3.31. The molecule has 6 atom stereocenters. The molecule has 2 saturated heterocycles. The molecule has 8 nitrogen and oxygen atoms in total. The van der Waals surface area contributed by atoms with E-state index in [0.717, 1.165) is 0 Å². The lowest BCUT2D eigenvalue weighted by molar-refractivity contribution is -0.921. The van der Waals surface area contributed by atoms with Crippen molar-refractivity contribution in [2.24, 2.45) is 11.8 Å². The number of benzene rings is 1. The molecule has 1 aromatic rings. The Hall–Kier alpha value is -2.00. The summed E-state index contributed by atoms with van der Waals surface area (Å²) in [6.45, 7) is 12.2. The van der Waals surface area contributed by atoms with Gasteiger partial charge in [0.25, 0.3) is 0 Å². The van der Waals surface area contributed by atoms with Gasteiger partial charge in [-0.2, -0.15) is 0 Å². The molecule has 0 N–H and O–H groups in total. The van der Waals surface area contributed by atoms with Crippen molar-refractivity contribution in [3.8, 4) is 0 Å². The number of carbonyl (C=O) groups excluding carboxylic acids is 2. The van der Waals surface area contributed by atoms with Gasteiger partial charge in [0.15, 0.2) is 0 Å². The van der Waals surface area contributed by atoms with Crippen LogP contribution in [0.3, 0.4) is 0 Å². The van der Waals surface area contributed by atoms with Crippen molar-refractivity contribution >= 4 is 11.9 Å². The second kappa shape index (κ2) is 8.90. The molecule has 2 aliphatic rings. The van der Waals surface area contributed by atoms with E-state index in [9.17, 15) is 20.0 Å². The van der Waals surface area contributed by atoms with Crippen LogP contribution in [0, 0.1) is 22.3 Å². The van der Waals surface area contributed by atoms with E-state index in [1.54, 1.807) is 38.4 Å². The number of likely N-dealkylation sites (tertiary alicyclic amines) is 2. The maximum atomic E-state index is 13.1. The quantitative estimate of drug-likeness (QED) is 0.366. The summed E-state index contributed by atoms with van der Waals surface area (Å²) in [5, 5.41) is 25.7. The van der Waals surface area contributed by atoms with Gasteiger partial charge in [-0.25, -0.2) is 9.59 Å². The van der Waals surface area contributed by atoms with E-state index < -0.39 is 35.2 Å². The average molecular weight is 477 g/mol. The van der Waals surface area contributed by atoms with Crippen LogP contribution in [-0.2, 0) is 9.47 Å². The minimum absolute atomic E-state index is 0.148. The molecule has 34 heavy (non-hydrogen) atoms. The summed E-state index contributed by atoms with van der Waals surface area (Å²) in [6, 6.07) is 6.48. The molecule has 0 aromatic heterocycles. The SMILES string of the molecule is CC1C(OC(=O)c2ccccc2C(=O)OC2CC[N+](C)([O-])C(C)(C)C2C)CC[N+](C)([O-])C1(C)C. The first-order chi connectivity index (χ1) is 15.5. The molecular formula is C26H40N2O6. The Bertz CT molecular complexity index is 864. The second-order valence-electron chi connectivity index (χ2n) is 11.5. The number of ether oxygens (including phenoxy) is 2. The summed E-state index contributed by atoms with van der Waals surface area (Å²) < 4.78 is 10.9. The highest BCUT2D eigenvalue weighted by molar-refractivity contribution is 6.03. The monoisotopic (exact) mass is 476 g/mol. The number of nitrogens with zero attached hydrogens (tertiary/aromatic N) is 2. The van der Waals surface area contributed by atoms with Gasteiger partial charge in [-0.1, -0.05) is 26.0 Å². The molecule has 1 aromatic carbocycles. The zero-order valence-electron chi connectivity index (χ0n) is 21.8. The minimum atomic E-state index is -0.611. The van der Waals surface area contributed by atoms with E-state index in [1.807, 2.05) is 41.5 Å². The third kappa shape index (κ3) is 4.49. The minimum Gasteiger partial charge on any atom is -0.633 e. The van der Waals surface area contributed by atoms with E-state index in [-0.39, 0.29) is 32.3 Å². The highest BCUT2D eigenvalue weighted by Gasteiger charge is 2.50. The van der Waals surface area contributed by atoms with Gasteiger partial charge in [-0.05, 0) is 39.8 Å². The molecule has 6 unspecified atom stereocenters. The lowest BCUT2D eigenvalue weighted by atomic mass is 9.78. The summed E-state index contributed by atoms with van der Waals surface area (Å²) >= 11 is 0. The molecule has 2 fully saturated rings. The van der Waals surface area contributed by atoms with Gasteiger partial charge >= 0.3 is 11.9 Å². The van der Waals surface area contributed by atoms with Crippen LogP contribution in [0.15, 0.2) is 24.3 Å². The number of hydrogen-bond donors (Lipinski definition) is 0. The zero-order valence-corrected chi connectivity index (χ0v) is 21.8. The molecule has 0 bridgehead atoms. The predicted molar refractivity (Wildman–Crippen MR) is 129 cm³/mol. The summed E-state index contributed by atoms with van der Waals surface area (Å²) in [5.74, 6) is -1.50. The van der Waals surface area contributed by atoms with E-state index in [4.69, 9.17) is 9.47 Å². The number of hydroxylamine groups is 6. The van der Waals surface area contributed by atoms with Crippen LogP contribution in [0.5, 0.6) is 0 Å². The second-order valence-corrected chi connectivity index (χ2v) is 11.5. The van der Waals surface area contributed by atoms with Crippen LogP contribution in [0.4, 0.5) is 0 Å². The van der Waals surface area contributed by atoms with Crippen LogP contribution < -0.4 is 0 Å². The molecule has 0 amide bonds. The molecule has 0 radical (unpaired) electrons. The Morgan fingerprint density at radius 3 is 1.44 bits per heavy atom. The number of carbonyl (C=O) groups is 2. The number of piperidine rings is 2. The fourth-order valence-corrected chi connectivity index (χ4v) is 5.16. The first-order valence-electron chi connectivity index (χ1n) is 12.2. The van der Waals surface area contributed by atoms with Gasteiger partial charge in [-0.3, -0.25) is 0 Å². The summed E-state index contributed by atoms with van der Waals surface area (Å²) in [5.41, 5.74) is -0.926. The molecule has 2 aliphatic heterocycles. The predicted octanol–water partition coefficient (Wildman–Crippen LogP) is 4.26. The number of rotatable bonds is 4. The van der Waals surface area contributed by atoms with Crippen molar-refractivity contribution in [3.63, 3.8) is 0 Å². The number of esters is 2. The Kier molecular flexibility index (Phi) is 6.96. The Morgan fingerprint density at radius 1 is 0.794 bits per heavy atom. The van der Waals surface area contributed by atoms with Crippen molar-refractivity contribution in [1.82, 2.24) is 0 Å². The van der Waals surface area contributed by atoms with Gasteiger partial charge < -0.3 is 29.2 Å². The maximum Gasteiger partial charge on any atom is 0.339 e. The largest absolute Gasteiger partial charge is 0.633 e. The van der Waals surface area contributed by atoms with E-state index in [0.29, 0.717) is 25.9 Å². The highest BCUT2D eigenvalue weighted by Crippen LogP contribution is 2.40. The molecular weight excluding hydrogens is 436 g/mol. The standard InChI is InChI=1S/C26H40N2O6/c1-17-21(13-15-27(7,31)25(17,3)4)33-23(29)19-11-9-10-12-20(19)24(30)34-22-14-16-28(8,32)26(5,6)18(22)2/h9-12,17-18,21-22H,13-16H2,1-8H3. The summed E-state index contributed by atoms with van der Waals surface area (Å²) in [4.78, 5) is 26.3. The molecule has 190 valence electrons. The first kappa shape index (κ1) is 26.6. The fraction of sp³-hybridized carbons (Fsp3) is 0.692. The Morgan fingerprint density at radius 2 is 1.12 bits per heavy atom. The van der Waals surface area contributed by atoms with E-state index >= 15 is 0 Å². The van der Waals surface area contributed by atoms with Gasteiger partial charge in [0.05, 0.1) is 49.4 Å². The van der Waals surface area contributed by atoms with Crippen molar-refractivity contribution in [1.29, 1.82) is 0 Å². The smallest absolute Gasteiger partial charge is 0.339 e. The van der Waals surface area contributed by atoms with Crippen LogP contribution in [-0.4, -0.2) is 71.7 Å². The molecule has 3 rings (SSSR count). The average Bonchev–Trinajstić information content (AvgIpc) is 2.76. The lowest BCUT2D eigenvalue weighted by Gasteiger charge is -2.58. The van der Waals surface area contributed by atoms with Crippen LogP contribution in [0.2, 0.25) is 0 Å². The van der Waals surface area contributed by atoms with Gasteiger partial charge in [0.1, 0.15) is 12.2 Å². The van der Waals surface area contributed by atoms with Crippen LogP contribution >= 0.6 is 0 Å². The van der Waals surface area contributed by atoms with Crippen LogP contribution in [0.25, 0.3) is 0 Å². The normalized spacial score (nSPS) is 37.0. The van der Waals surface area contributed by atoms with Crippen LogP contribution in [0.1, 0.15) is 75.1 Å². The van der Waals surface area contributed by atoms with Crippen molar-refractivity contribution < 1.29 is 28.4 Å². The zero-order chi connectivity index (χ0) is 25.7. The maximum absolute atomic E-state index is 13.1. The number of hydrogen-bond acceptors (Lipinski definition) is 6. The number of quaternary nitrogens is 2. The topological polar surface area (TPSA) is 98.7 Å².